The van der Waals surface area contributed by atoms with Gasteiger partial charge in [0.05, 0.1) is 29.0 Å². The predicted molar refractivity (Wildman–Crippen MR) is 179 cm³/mol. The van der Waals surface area contributed by atoms with Crippen LogP contribution in [0, 0.1) is 6.57 Å². The third-order valence-corrected chi connectivity index (χ3v) is 9.27. The topological polar surface area (TPSA) is 38.6 Å². The van der Waals surface area contributed by atoms with Gasteiger partial charge in [0.1, 0.15) is 11.2 Å². The summed E-state index contributed by atoms with van der Waals surface area (Å²) in [6.07, 6.45) is 3.69. The van der Waals surface area contributed by atoms with Gasteiger partial charge in [0.25, 0.3) is 0 Å². The molecule has 0 aliphatic carbocycles. The van der Waals surface area contributed by atoms with Gasteiger partial charge in [-0.1, -0.05) is 56.3 Å². The Bertz CT molecular complexity index is 2460. The number of fused-ring (bicyclic) bond motifs is 8. The minimum absolute atomic E-state index is 0.107. The van der Waals surface area contributed by atoms with Crippen molar-refractivity contribution in [2.45, 2.75) is 19.3 Å². The minimum atomic E-state index is -0.107. The van der Waals surface area contributed by atoms with Crippen LogP contribution in [0.4, 0.5) is 22.7 Å². The summed E-state index contributed by atoms with van der Waals surface area (Å²) in [6.45, 7) is 12.1. The molecule has 0 fully saturated rings. The molecular weight excluding hydrogens is 540 g/mol. The first-order valence-corrected chi connectivity index (χ1v) is 14.7. The maximum Gasteiger partial charge on any atom is 0.188 e. The van der Waals surface area contributed by atoms with Crippen molar-refractivity contribution in [2.24, 2.45) is 0 Å². The van der Waals surface area contributed by atoms with Crippen LogP contribution in [-0.4, -0.2) is 9.55 Å². The van der Waals surface area contributed by atoms with Crippen molar-refractivity contribution in [1.82, 2.24) is 9.55 Å². The fraction of sp³-hybridized carbons (Fsp3) is 0.0769. The Morgan fingerprint density at radius 1 is 0.659 bits per heavy atom. The van der Waals surface area contributed by atoms with E-state index < -0.39 is 0 Å². The molecule has 0 amide bonds. The highest BCUT2D eigenvalue weighted by Gasteiger charge is 2.36. The maximum atomic E-state index is 7.50. The second-order valence-electron chi connectivity index (χ2n) is 12.0. The lowest BCUT2D eigenvalue weighted by atomic mass is 9.73. The summed E-state index contributed by atoms with van der Waals surface area (Å²) < 4.78 is 8.83. The largest absolute Gasteiger partial charge is 0.456 e. The molecule has 208 valence electrons. The zero-order valence-electron chi connectivity index (χ0n) is 24.2. The molecule has 5 aromatic carbocycles. The smallest absolute Gasteiger partial charge is 0.188 e. The van der Waals surface area contributed by atoms with Gasteiger partial charge in [-0.2, -0.15) is 0 Å². The van der Waals surface area contributed by atoms with E-state index in [1.54, 1.807) is 0 Å². The standard InChI is InChI=1S/C39H26N4O/c1-39(2)31-8-4-6-10-35(31)43(36-11-7-5-9-32(36)39)26-14-16-28-27-15-13-25(21-37(27)44-38(28)22-26)42-33-17-12-24(40-3)20-29(33)30-23-41-19-18-34(30)42/h4-23H,1-2H3. The summed E-state index contributed by atoms with van der Waals surface area (Å²) in [5.41, 5.74) is 11.3. The van der Waals surface area contributed by atoms with Crippen LogP contribution in [0.2, 0.25) is 0 Å². The van der Waals surface area contributed by atoms with Gasteiger partial charge >= 0.3 is 0 Å². The van der Waals surface area contributed by atoms with Crippen LogP contribution in [0.25, 0.3) is 54.3 Å². The van der Waals surface area contributed by atoms with E-state index in [0.717, 1.165) is 55.1 Å². The van der Waals surface area contributed by atoms with Crippen molar-refractivity contribution in [1.29, 1.82) is 0 Å². The van der Waals surface area contributed by atoms with E-state index in [4.69, 9.17) is 11.0 Å². The van der Waals surface area contributed by atoms with Gasteiger partial charge in [0, 0.05) is 57.5 Å². The monoisotopic (exact) mass is 566 g/mol. The fourth-order valence-corrected chi connectivity index (χ4v) is 7.18. The molecule has 3 aromatic heterocycles. The molecule has 44 heavy (non-hydrogen) atoms. The number of hydrogen-bond acceptors (Lipinski definition) is 3. The van der Waals surface area contributed by atoms with Crippen molar-refractivity contribution >= 4 is 66.5 Å². The van der Waals surface area contributed by atoms with Crippen LogP contribution < -0.4 is 4.90 Å². The van der Waals surface area contributed by atoms with Crippen molar-refractivity contribution in [3.8, 4) is 5.69 Å². The van der Waals surface area contributed by atoms with Crippen LogP contribution in [0.5, 0.6) is 0 Å². The van der Waals surface area contributed by atoms with Crippen LogP contribution in [0.1, 0.15) is 25.0 Å². The Hall–Kier alpha value is -5.86. The number of rotatable bonds is 2. The zero-order chi connectivity index (χ0) is 29.6. The summed E-state index contributed by atoms with van der Waals surface area (Å²) in [4.78, 5) is 10.4. The molecule has 0 saturated heterocycles. The van der Waals surface area contributed by atoms with Crippen LogP contribution in [0.15, 0.2) is 126 Å². The van der Waals surface area contributed by atoms with E-state index >= 15 is 0 Å². The molecular formula is C39H26N4O. The molecule has 0 N–H and O–H groups in total. The molecule has 1 aliphatic rings. The number of pyridine rings is 1. The number of aromatic nitrogens is 2. The Kier molecular flexibility index (Phi) is 4.96. The first kappa shape index (κ1) is 24.7. The lowest BCUT2D eigenvalue weighted by Crippen LogP contribution is -2.30. The summed E-state index contributed by atoms with van der Waals surface area (Å²) in [5.74, 6) is 0. The number of para-hydroxylation sites is 2. The summed E-state index contributed by atoms with van der Waals surface area (Å²) in [7, 11) is 0. The van der Waals surface area contributed by atoms with Gasteiger partial charge in [-0.15, -0.1) is 0 Å². The first-order valence-electron chi connectivity index (χ1n) is 14.7. The van der Waals surface area contributed by atoms with Crippen molar-refractivity contribution in [3.63, 3.8) is 0 Å². The molecule has 5 heteroatoms. The molecule has 0 unspecified atom stereocenters. The highest BCUT2D eigenvalue weighted by molar-refractivity contribution is 6.11. The van der Waals surface area contributed by atoms with Gasteiger partial charge < -0.3 is 13.9 Å². The van der Waals surface area contributed by atoms with Crippen LogP contribution >= 0.6 is 0 Å². The van der Waals surface area contributed by atoms with E-state index in [1.807, 2.05) is 36.7 Å². The van der Waals surface area contributed by atoms with Gasteiger partial charge in [0.2, 0.25) is 0 Å². The van der Waals surface area contributed by atoms with Gasteiger partial charge in [0.15, 0.2) is 5.69 Å². The minimum Gasteiger partial charge on any atom is -0.456 e. The molecule has 0 atom stereocenters. The van der Waals surface area contributed by atoms with E-state index in [2.05, 4.69) is 118 Å². The van der Waals surface area contributed by atoms with Crippen molar-refractivity contribution in [2.75, 3.05) is 4.90 Å². The molecule has 0 radical (unpaired) electrons. The van der Waals surface area contributed by atoms with E-state index in [1.165, 1.54) is 22.5 Å². The first-order chi connectivity index (χ1) is 21.5. The highest BCUT2D eigenvalue weighted by Crippen LogP contribution is 2.52. The Morgan fingerprint density at radius 2 is 1.30 bits per heavy atom. The van der Waals surface area contributed by atoms with Gasteiger partial charge in [-0.05, 0) is 71.1 Å². The van der Waals surface area contributed by atoms with Crippen LogP contribution in [0.3, 0.4) is 0 Å². The quantitative estimate of drug-likeness (QED) is 0.195. The van der Waals surface area contributed by atoms with E-state index in [0.29, 0.717) is 5.69 Å². The Morgan fingerprint density at radius 3 is 2.00 bits per heavy atom. The average Bonchev–Trinajstić information content (AvgIpc) is 3.59. The predicted octanol–water partition coefficient (Wildman–Crippen LogP) is 10.7. The molecule has 4 heterocycles. The highest BCUT2D eigenvalue weighted by atomic mass is 16.3. The normalized spacial score (nSPS) is 13.8. The Labute approximate surface area is 254 Å². The van der Waals surface area contributed by atoms with Gasteiger partial charge in [-0.3, -0.25) is 4.98 Å². The lowest BCUT2D eigenvalue weighted by molar-refractivity contribution is 0.632. The lowest BCUT2D eigenvalue weighted by Gasteiger charge is -2.41. The van der Waals surface area contributed by atoms with E-state index in [9.17, 15) is 0 Å². The van der Waals surface area contributed by atoms with Crippen molar-refractivity contribution < 1.29 is 4.42 Å². The molecule has 1 aliphatic heterocycles. The zero-order valence-corrected chi connectivity index (χ0v) is 24.2. The average molecular weight is 567 g/mol. The number of nitrogens with zero attached hydrogens (tertiary/aromatic N) is 4. The van der Waals surface area contributed by atoms with Gasteiger partial charge in [-0.25, -0.2) is 4.85 Å². The third kappa shape index (κ3) is 3.31. The summed E-state index contributed by atoms with van der Waals surface area (Å²) >= 11 is 0. The third-order valence-electron chi connectivity index (χ3n) is 9.27. The summed E-state index contributed by atoms with van der Waals surface area (Å²) in [5, 5.41) is 4.20. The molecule has 9 rings (SSSR count). The summed E-state index contributed by atoms with van der Waals surface area (Å²) in [6, 6.07) is 38.2. The molecule has 0 bridgehead atoms. The molecule has 0 spiro atoms. The second-order valence-corrected chi connectivity index (χ2v) is 12.0. The second kappa shape index (κ2) is 8.82. The number of furan rings is 1. The SMILES string of the molecule is [C-]#[N+]c1ccc2c(c1)c1cnccc1n2-c1ccc2c(c1)oc1cc(N3c4ccccc4C(C)(C)c4ccccc43)ccc12. The number of anilines is 3. The Balaban J connectivity index is 1.22. The van der Waals surface area contributed by atoms with Crippen molar-refractivity contribution in [3.05, 3.63) is 144 Å². The van der Waals surface area contributed by atoms with Crippen LogP contribution in [-0.2, 0) is 5.41 Å². The van der Waals surface area contributed by atoms with E-state index in [-0.39, 0.29) is 5.41 Å². The maximum absolute atomic E-state index is 7.50. The molecule has 8 aromatic rings. The molecule has 5 nitrogen and oxygen atoms in total. The fourth-order valence-electron chi connectivity index (χ4n) is 7.18. The number of benzene rings is 5. The molecule has 0 saturated carbocycles. The number of hydrogen-bond donors (Lipinski definition) is 0.